The van der Waals surface area contributed by atoms with Crippen LogP contribution in [0, 0.1) is 0 Å². The molecule has 1 saturated carbocycles. The Hall–Kier alpha value is -1.80. The molecule has 1 aliphatic carbocycles. The summed E-state index contributed by atoms with van der Waals surface area (Å²) in [5.41, 5.74) is 2.52. The summed E-state index contributed by atoms with van der Waals surface area (Å²) >= 11 is 0. The highest BCUT2D eigenvalue weighted by molar-refractivity contribution is 5.52. The normalized spacial score (nSPS) is 18.1. The number of fused-ring (bicyclic) bond motifs is 2. The largest absolute Gasteiger partial charge is 0.457 e. The average molecular weight is 251 g/mol. The molecule has 2 aromatic carbocycles. The predicted octanol–water partition coefficient (Wildman–Crippen LogP) is 4.02. The van der Waals surface area contributed by atoms with Crippen LogP contribution in [0.4, 0.5) is 0 Å². The Bertz CT molecular complexity index is 558. The van der Waals surface area contributed by atoms with Gasteiger partial charge in [-0.25, -0.2) is 0 Å². The van der Waals surface area contributed by atoms with Gasteiger partial charge >= 0.3 is 0 Å². The summed E-state index contributed by atoms with van der Waals surface area (Å²) in [5.74, 6) is 1.97. The molecule has 0 unspecified atom stereocenters. The molecule has 0 aromatic heterocycles. The maximum absolute atomic E-state index is 6.00. The maximum Gasteiger partial charge on any atom is 0.132 e. The zero-order valence-electron chi connectivity index (χ0n) is 10.8. The molecule has 2 aliphatic rings. The van der Waals surface area contributed by atoms with Crippen LogP contribution in [-0.2, 0) is 0 Å². The predicted molar refractivity (Wildman–Crippen MR) is 75.6 cm³/mol. The van der Waals surface area contributed by atoms with Crippen LogP contribution in [0.15, 0.2) is 48.5 Å². The Morgan fingerprint density at radius 1 is 0.842 bits per heavy atom. The molecule has 1 heterocycles. The molecule has 1 N–H and O–H groups in total. The fraction of sp³-hybridized carbons (Fsp3) is 0.294. The summed E-state index contributed by atoms with van der Waals surface area (Å²) in [6, 6.07) is 17.6. The molecule has 1 aliphatic heterocycles. The Morgan fingerprint density at radius 3 is 1.95 bits per heavy atom. The van der Waals surface area contributed by atoms with Gasteiger partial charge in [0.15, 0.2) is 0 Å². The summed E-state index contributed by atoms with van der Waals surface area (Å²) in [5, 5.41) is 3.79. The molecule has 2 heteroatoms. The molecular formula is C17H17NO. The van der Waals surface area contributed by atoms with Gasteiger partial charge in [-0.1, -0.05) is 42.8 Å². The van der Waals surface area contributed by atoms with Crippen molar-refractivity contribution in [2.75, 3.05) is 0 Å². The van der Waals surface area contributed by atoms with Crippen molar-refractivity contribution >= 4 is 0 Å². The van der Waals surface area contributed by atoms with E-state index in [-0.39, 0.29) is 6.04 Å². The topological polar surface area (TPSA) is 21.3 Å². The van der Waals surface area contributed by atoms with E-state index in [9.17, 15) is 0 Å². The molecule has 0 spiro atoms. The van der Waals surface area contributed by atoms with Crippen molar-refractivity contribution in [2.45, 2.75) is 31.3 Å². The third-order valence-corrected chi connectivity index (χ3v) is 4.19. The van der Waals surface area contributed by atoms with Gasteiger partial charge in [-0.3, -0.25) is 0 Å². The second kappa shape index (κ2) is 4.39. The fourth-order valence-corrected chi connectivity index (χ4v) is 2.90. The minimum atomic E-state index is 0.270. The zero-order valence-corrected chi connectivity index (χ0v) is 10.8. The van der Waals surface area contributed by atoms with Gasteiger partial charge in [0.1, 0.15) is 11.5 Å². The summed E-state index contributed by atoms with van der Waals surface area (Å²) in [6.45, 7) is 0. The lowest BCUT2D eigenvalue weighted by Gasteiger charge is -2.35. The second-order valence-electron chi connectivity index (χ2n) is 5.41. The smallest absolute Gasteiger partial charge is 0.132 e. The maximum atomic E-state index is 6.00. The van der Waals surface area contributed by atoms with E-state index in [0.29, 0.717) is 6.04 Å². The molecule has 0 radical (unpaired) electrons. The Balaban J connectivity index is 1.78. The number of hydrogen-bond acceptors (Lipinski definition) is 2. The van der Waals surface area contributed by atoms with Crippen LogP contribution in [0.2, 0.25) is 0 Å². The highest BCUT2D eigenvalue weighted by Gasteiger charge is 2.30. The zero-order chi connectivity index (χ0) is 12.7. The van der Waals surface area contributed by atoms with Crippen molar-refractivity contribution in [3.05, 3.63) is 59.7 Å². The lowest BCUT2D eigenvalue weighted by molar-refractivity contribution is 0.309. The van der Waals surface area contributed by atoms with E-state index in [1.54, 1.807) is 0 Å². The number of ether oxygens (including phenoxy) is 1. The van der Waals surface area contributed by atoms with E-state index in [1.807, 2.05) is 12.1 Å². The standard InChI is InChI=1S/C17H17NO/c1-3-10-15-13(8-1)17(18-12-6-5-7-12)14-9-2-4-11-16(14)19-15/h1-4,8-12,17-18H,5-7H2. The number of hydrogen-bond donors (Lipinski definition) is 1. The van der Waals surface area contributed by atoms with E-state index < -0.39 is 0 Å². The minimum absolute atomic E-state index is 0.270. The van der Waals surface area contributed by atoms with E-state index in [0.717, 1.165) is 11.5 Å². The molecule has 0 bridgehead atoms. The first-order valence-electron chi connectivity index (χ1n) is 7.03. The van der Waals surface area contributed by atoms with Crippen LogP contribution >= 0.6 is 0 Å². The average Bonchev–Trinajstić information content (AvgIpc) is 2.41. The van der Waals surface area contributed by atoms with Gasteiger partial charge in [0.05, 0.1) is 6.04 Å². The van der Waals surface area contributed by atoms with Crippen molar-refractivity contribution < 1.29 is 4.74 Å². The van der Waals surface area contributed by atoms with Crippen LogP contribution in [0.1, 0.15) is 36.4 Å². The highest BCUT2D eigenvalue weighted by atomic mass is 16.5. The first-order chi connectivity index (χ1) is 9.42. The number of para-hydroxylation sites is 2. The van der Waals surface area contributed by atoms with Crippen LogP contribution in [-0.4, -0.2) is 6.04 Å². The van der Waals surface area contributed by atoms with Crippen LogP contribution in [0.3, 0.4) is 0 Å². The Morgan fingerprint density at radius 2 is 1.42 bits per heavy atom. The molecule has 4 rings (SSSR count). The lowest BCUT2D eigenvalue weighted by Crippen LogP contribution is -2.39. The molecule has 96 valence electrons. The molecule has 19 heavy (non-hydrogen) atoms. The third-order valence-electron chi connectivity index (χ3n) is 4.19. The molecule has 0 saturated heterocycles. The van der Waals surface area contributed by atoms with E-state index in [1.165, 1.54) is 30.4 Å². The monoisotopic (exact) mass is 251 g/mol. The Labute approximate surface area is 113 Å². The van der Waals surface area contributed by atoms with Gasteiger partial charge in [-0.05, 0) is 25.0 Å². The van der Waals surface area contributed by atoms with E-state index in [4.69, 9.17) is 4.74 Å². The highest BCUT2D eigenvalue weighted by Crippen LogP contribution is 2.43. The van der Waals surface area contributed by atoms with Crippen molar-refractivity contribution in [1.29, 1.82) is 0 Å². The van der Waals surface area contributed by atoms with Gasteiger partial charge in [0.25, 0.3) is 0 Å². The van der Waals surface area contributed by atoms with Crippen LogP contribution in [0.5, 0.6) is 11.5 Å². The molecule has 1 fully saturated rings. The second-order valence-corrected chi connectivity index (χ2v) is 5.41. The van der Waals surface area contributed by atoms with E-state index in [2.05, 4.69) is 41.7 Å². The molecule has 2 nitrogen and oxygen atoms in total. The number of rotatable bonds is 2. The number of nitrogens with one attached hydrogen (secondary N) is 1. The van der Waals surface area contributed by atoms with Crippen molar-refractivity contribution in [3.63, 3.8) is 0 Å². The van der Waals surface area contributed by atoms with Crippen molar-refractivity contribution in [3.8, 4) is 11.5 Å². The molecule has 2 aromatic rings. The minimum Gasteiger partial charge on any atom is -0.457 e. The molecule has 0 atom stereocenters. The molecule has 0 amide bonds. The van der Waals surface area contributed by atoms with Gasteiger partial charge < -0.3 is 10.1 Å². The first-order valence-corrected chi connectivity index (χ1v) is 7.03. The van der Waals surface area contributed by atoms with Crippen molar-refractivity contribution in [1.82, 2.24) is 5.32 Å². The van der Waals surface area contributed by atoms with Crippen molar-refractivity contribution in [2.24, 2.45) is 0 Å². The quantitative estimate of drug-likeness (QED) is 0.870. The summed E-state index contributed by atoms with van der Waals surface area (Å²) in [6.07, 6.45) is 3.94. The molecular weight excluding hydrogens is 234 g/mol. The first kappa shape index (κ1) is 11.1. The SMILES string of the molecule is c1ccc2c(c1)Oc1ccccc1C2NC1CCC1. The fourth-order valence-electron chi connectivity index (χ4n) is 2.90. The third kappa shape index (κ3) is 1.83. The number of benzene rings is 2. The van der Waals surface area contributed by atoms with E-state index >= 15 is 0 Å². The van der Waals surface area contributed by atoms with Crippen LogP contribution < -0.4 is 10.1 Å². The summed E-state index contributed by atoms with van der Waals surface area (Å²) < 4.78 is 6.00. The van der Waals surface area contributed by atoms with Crippen LogP contribution in [0.25, 0.3) is 0 Å². The summed E-state index contributed by atoms with van der Waals surface area (Å²) in [7, 11) is 0. The van der Waals surface area contributed by atoms with Gasteiger partial charge in [-0.15, -0.1) is 0 Å². The summed E-state index contributed by atoms with van der Waals surface area (Å²) in [4.78, 5) is 0. The Kier molecular flexibility index (Phi) is 2.56. The van der Waals surface area contributed by atoms with Gasteiger partial charge in [0.2, 0.25) is 0 Å². The van der Waals surface area contributed by atoms with Gasteiger partial charge in [-0.2, -0.15) is 0 Å². The van der Waals surface area contributed by atoms with Gasteiger partial charge in [0, 0.05) is 17.2 Å². The lowest BCUT2D eigenvalue weighted by atomic mass is 9.88.